The third-order valence-electron chi connectivity index (χ3n) is 4.63. The molecular formula is C21H25N5. The van der Waals surface area contributed by atoms with E-state index in [4.69, 9.17) is 11.0 Å². The summed E-state index contributed by atoms with van der Waals surface area (Å²) in [5, 5.41) is 14.5. The molecule has 1 aromatic carbocycles. The Labute approximate surface area is 154 Å². The van der Waals surface area contributed by atoms with Gasteiger partial charge in [-0.3, -0.25) is 9.67 Å². The molecule has 0 spiro atoms. The number of nitriles is 1. The second-order valence-corrected chi connectivity index (χ2v) is 6.57. The minimum Gasteiger partial charge on any atom is -0.326 e. The van der Waals surface area contributed by atoms with Crippen LogP contribution in [0.15, 0.2) is 42.7 Å². The molecule has 0 saturated heterocycles. The zero-order valence-electron chi connectivity index (χ0n) is 15.6. The van der Waals surface area contributed by atoms with Crippen LogP contribution in [0.25, 0.3) is 10.9 Å². The zero-order valence-corrected chi connectivity index (χ0v) is 15.6. The van der Waals surface area contributed by atoms with Crippen LogP contribution in [0.1, 0.15) is 62.4 Å². The van der Waals surface area contributed by atoms with Crippen molar-refractivity contribution in [3.8, 4) is 6.07 Å². The van der Waals surface area contributed by atoms with Gasteiger partial charge in [-0.15, -0.1) is 0 Å². The maximum absolute atomic E-state index is 9.05. The van der Waals surface area contributed by atoms with Crippen molar-refractivity contribution >= 4 is 10.9 Å². The molecule has 2 atom stereocenters. The van der Waals surface area contributed by atoms with Crippen LogP contribution in [0.3, 0.4) is 0 Å². The highest BCUT2D eigenvalue weighted by Gasteiger charge is 2.26. The summed E-state index contributed by atoms with van der Waals surface area (Å²) in [5.74, 6) is 0.641. The molecule has 0 aliphatic heterocycles. The van der Waals surface area contributed by atoms with Gasteiger partial charge in [0.25, 0.3) is 0 Å². The Hall–Kier alpha value is -2.71. The maximum Gasteiger partial charge on any atom is 0.0991 e. The Morgan fingerprint density at radius 3 is 2.54 bits per heavy atom. The van der Waals surface area contributed by atoms with Gasteiger partial charge in [-0.25, -0.2) is 0 Å². The van der Waals surface area contributed by atoms with Gasteiger partial charge < -0.3 is 5.73 Å². The summed E-state index contributed by atoms with van der Waals surface area (Å²) in [6.07, 6.45) is 6.21. The van der Waals surface area contributed by atoms with Gasteiger partial charge in [0.1, 0.15) is 0 Å². The minimum absolute atomic E-state index is 0.0869. The number of nitrogens with two attached hydrogens (primary N) is 1. The molecule has 1 unspecified atom stereocenters. The quantitative estimate of drug-likeness (QED) is 0.769. The van der Waals surface area contributed by atoms with Crippen LogP contribution < -0.4 is 5.73 Å². The molecule has 4 rings (SSSR count). The lowest BCUT2D eigenvalue weighted by Gasteiger charge is -2.22. The van der Waals surface area contributed by atoms with Gasteiger partial charge in [0, 0.05) is 29.2 Å². The van der Waals surface area contributed by atoms with E-state index in [9.17, 15) is 0 Å². The molecule has 2 N–H and O–H groups in total. The van der Waals surface area contributed by atoms with Gasteiger partial charge in [0.15, 0.2) is 0 Å². The molecule has 1 saturated carbocycles. The van der Waals surface area contributed by atoms with E-state index in [2.05, 4.69) is 28.3 Å². The lowest BCUT2D eigenvalue weighted by molar-refractivity contribution is 0.465. The van der Waals surface area contributed by atoms with Crippen molar-refractivity contribution in [2.24, 2.45) is 5.73 Å². The average molecular weight is 347 g/mol. The fraction of sp³-hybridized carbons (Fsp3) is 0.381. The Balaban J connectivity index is 0.000000948. The second kappa shape index (κ2) is 7.67. The van der Waals surface area contributed by atoms with Crippen molar-refractivity contribution in [1.82, 2.24) is 14.8 Å². The lowest BCUT2D eigenvalue weighted by Crippen LogP contribution is -2.31. The summed E-state index contributed by atoms with van der Waals surface area (Å²) in [6.45, 7) is 5.98. The van der Waals surface area contributed by atoms with Crippen LogP contribution in [0, 0.1) is 11.3 Å². The summed E-state index contributed by atoms with van der Waals surface area (Å²) in [4.78, 5) is 4.62. The fourth-order valence-electron chi connectivity index (χ4n) is 3.22. The van der Waals surface area contributed by atoms with Crippen LogP contribution in [0.5, 0.6) is 0 Å². The van der Waals surface area contributed by atoms with E-state index in [1.807, 2.05) is 49.8 Å². The van der Waals surface area contributed by atoms with E-state index in [1.54, 1.807) is 6.20 Å². The number of fused-ring (bicyclic) bond motifs is 1. The molecule has 1 fully saturated rings. The molecule has 134 valence electrons. The Morgan fingerprint density at radius 2 is 1.96 bits per heavy atom. The molecular weight excluding hydrogens is 322 g/mol. The Morgan fingerprint density at radius 1 is 1.19 bits per heavy atom. The summed E-state index contributed by atoms with van der Waals surface area (Å²) in [6, 6.07) is 11.8. The summed E-state index contributed by atoms with van der Waals surface area (Å²) in [5.41, 5.74) is 10.1. The van der Waals surface area contributed by atoms with Crippen LogP contribution >= 0.6 is 0 Å². The highest BCUT2D eigenvalue weighted by molar-refractivity contribution is 5.80. The van der Waals surface area contributed by atoms with Gasteiger partial charge in [-0.05, 0) is 49.6 Å². The number of rotatable bonds is 4. The molecule has 1 aliphatic rings. The number of pyridine rings is 1. The predicted octanol–water partition coefficient (Wildman–Crippen LogP) is 4.14. The molecule has 2 aromatic heterocycles. The second-order valence-electron chi connectivity index (χ2n) is 6.57. The highest BCUT2D eigenvalue weighted by Crippen LogP contribution is 2.39. The van der Waals surface area contributed by atoms with Gasteiger partial charge in [-0.1, -0.05) is 19.9 Å². The summed E-state index contributed by atoms with van der Waals surface area (Å²) in [7, 11) is 0. The molecule has 0 radical (unpaired) electrons. The van der Waals surface area contributed by atoms with Crippen molar-refractivity contribution in [3.63, 3.8) is 0 Å². The van der Waals surface area contributed by atoms with Gasteiger partial charge in [0.2, 0.25) is 0 Å². The number of aromatic nitrogens is 3. The smallest absolute Gasteiger partial charge is 0.0991 e. The molecule has 5 heteroatoms. The molecule has 0 amide bonds. The van der Waals surface area contributed by atoms with Crippen molar-refractivity contribution in [1.29, 1.82) is 5.26 Å². The number of hydrogen-bond acceptors (Lipinski definition) is 4. The molecule has 0 bridgehead atoms. The minimum atomic E-state index is -0.114. The van der Waals surface area contributed by atoms with Crippen molar-refractivity contribution in [2.75, 3.05) is 0 Å². The third-order valence-corrected chi connectivity index (χ3v) is 4.63. The molecule has 5 nitrogen and oxygen atoms in total. The predicted molar refractivity (Wildman–Crippen MR) is 104 cm³/mol. The van der Waals surface area contributed by atoms with E-state index >= 15 is 0 Å². The normalized spacial score (nSPS) is 15.7. The molecule has 1 aliphatic carbocycles. The topological polar surface area (TPSA) is 80.5 Å². The number of benzene rings is 1. The highest BCUT2D eigenvalue weighted by atomic mass is 15.3. The summed E-state index contributed by atoms with van der Waals surface area (Å²) >= 11 is 0. The van der Waals surface area contributed by atoms with Crippen molar-refractivity contribution in [3.05, 3.63) is 59.5 Å². The van der Waals surface area contributed by atoms with E-state index in [0.717, 1.165) is 16.5 Å². The van der Waals surface area contributed by atoms with Crippen LogP contribution in [0.4, 0.5) is 0 Å². The summed E-state index contributed by atoms with van der Waals surface area (Å²) < 4.78 is 1.94. The Kier molecular flexibility index (Phi) is 5.34. The standard InChI is InChI=1S/C19H19N5.C2H6/c1-12(21)19(15-5-6-17(22-10-15)14-3-4-14)24-18-7-2-13(9-20)8-16(18)11-23-24;1-2/h2,5-8,10-12,14,19H,3-4,21H2,1H3;1-2H3/t12?,19-;/m0./s1. The maximum atomic E-state index is 9.05. The van der Waals surface area contributed by atoms with Crippen molar-refractivity contribution in [2.45, 2.75) is 51.6 Å². The molecule has 2 heterocycles. The van der Waals surface area contributed by atoms with E-state index in [1.165, 1.54) is 18.5 Å². The first-order chi connectivity index (χ1) is 12.7. The molecule has 26 heavy (non-hydrogen) atoms. The van der Waals surface area contributed by atoms with E-state index in [0.29, 0.717) is 11.5 Å². The van der Waals surface area contributed by atoms with E-state index in [-0.39, 0.29) is 12.1 Å². The molecule has 3 aromatic rings. The van der Waals surface area contributed by atoms with Gasteiger partial charge in [0.05, 0.1) is 29.4 Å². The van der Waals surface area contributed by atoms with Crippen molar-refractivity contribution < 1.29 is 0 Å². The van der Waals surface area contributed by atoms with Crippen LogP contribution in [0.2, 0.25) is 0 Å². The Bertz CT molecular complexity index is 914. The van der Waals surface area contributed by atoms with Gasteiger partial charge in [-0.2, -0.15) is 10.4 Å². The first-order valence-corrected chi connectivity index (χ1v) is 9.26. The van der Waals surface area contributed by atoms with Crippen LogP contribution in [-0.2, 0) is 0 Å². The first kappa shape index (κ1) is 18.1. The van der Waals surface area contributed by atoms with Crippen LogP contribution in [-0.4, -0.2) is 20.8 Å². The monoisotopic (exact) mass is 347 g/mol. The fourth-order valence-corrected chi connectivity index (χ4v) is 3.22. The number of nitrogens with zero attached hydrogens (tertiary/aromatic N) is 4. The number of hydrogen-bond donors (Lipinski definition) is 1. The lowest BCUT2D eigenvalue weighted by atomic mass is 10.0. The SMILES string of the molecule is CC.CC(N)[C@@H](c1ccc(C2CC2)nc1)n1ncc2cc(C#N)ccc21. The zero-order chi connectivity index (χ0) is 18.7. The third kappa shape index (κ3) is 3.47. The average Bonchev–Trinajstić information content (AvgIpc) is 3.45. The largest absolute Gasteiger partial charge is 0.326 e. The van der Waals surface area contributed by atoms with E-state index < -0.39 is 0 Å². The van der Waals surface area contributed by atoms with Gasteiger partial charge >= 0.3 is 0 Å². The first-order valence-electron chi connectivity index (χ1n) is 9.26.